The maximum Gasteiger partial charge on any atom is 0.330 e. The first-order valence-electron chi connectivity index (χ1n) is 8.15. The van der Waals surface area contributed by atoms with Gasteiger partial charge in [0.05, 0.1) is 6.61 Å². The third kappa shape index (κ3) is 3.22. The highest BCUT2D eigenvalue weighted by Gasteiger charge is 2.48. The average molecular weight is 319 g/mol. The van der Waals surface area contributed by atoms with Crippen molar-refractivity contribution in [1.29, 1.82) is 0 Å². The van der Waals surface area contributed by atoms with Crippen molar-refractivity contribution < 1.29 is 9.53 Å². The molecule has 22 heavy (non-hydrogen) atoms. The monoisotopic (exact) mass is 318 g/mol. The van der Waals surface area contributed by atoms with Gasteiger partial charge in [-0.2, -0.15) is 0 Å². The lowest BCUT2D eigenvalue weighted by Crippen LogP contribution is -2.28. The highest BCUT2D eigenvalue weighted by Crippen LogP contribution is 2.54. The topological polar surface area (TPSA) is 26.3 Å². The summed E-state index contributed by atoms with van der Waals surface area (Å²) < 4.78 is 5.46. The van der Waals surface area contributed by atoms with Gasteiger partial charge in [-0.1, -0.05) is 37.6 Å². The summed E-state index contributed by atoms with van der Waals surface area (Å²) in [7, 11) is 0. The Bertz CT molecular complexity index is 561. The van der Waals surface area contributed by atoms with E-state index in [0.717, 1.165) is 29.2 Å². The summed E-state index contributed by atoms with van der Waals surface area (Å²) >= 11 is 5.83. The van der Waals surface area contributed by atoms with E-state index in [1.807, 2.05) is 24.3 Å². The molecule has 5 atom stereocenters. The van der Waals surface area contributed by atoms with Gasteiger partial charge in [-0.15, -0.1) is 0 Å². The smallest absolute Gasteiger partial charge is 0.330 e. The van der Waals surface area contributed by atoms with Crippen molar-refractivity contribution in [2.24, 2.45) is 29.6 Å². The first kappa shape index (κ1) is 15.6. The normalized spacial score (nSPS) is 33.5. The lowest BCUT2D eigenvalue weighted by Gasteiger charge is -2.31. The molecule has 2 fully saturated rings. The molecule has 2 nitrogen and oxygen atoms in total. The van der Waals surface area contributed by atoms with E-state index in [9.17, 15) is 4.79 Å². The number of fused-ring (bicyclic) bond motifs is 2. The third-order valence-electron chi connectivity index (χ3n) is 5.76. The van der Waals surface area contributed by atoms with Gasteiger partial charge in [-0.25, -0.2) is 4.79 Å². The molecule has 0 aliphatic heterocycles. The van der Waals surface area contributed by atoms with Crippen LogP contribution < -0.4 is 0 Å². The number of hydrogen-bond donors (Lipinski definition) is 0. The van der Waals surface area contributed by atoms with Crippen molar-refractivity contribution in [3.8, 4) is 0 Å². The third-order valence-corrected chi connectivity index (χ3v) is 6.01. The molecule has 0 amide bonds. The standard InChI is InChI=1S/C19H23ClO2/c1-12-13(2)18-10-15(12)9-16(18)11-22-19(21)8-5-14-3-6-17(20)7-4-14/h3-8,12-13,15-16,18H,9-11H2,1-2H3/b8-5+. The second-order valence-corrected chi connectivity index (χ2v) is 7.33. The Kier molecular flexibility index (Phi) is 4.58. The van der Waals surface area contributed by atoms with Crippen molar-refractivity contribution in [3.63, 3.8) is 0 Å². The number of benzene rings is 1. The van der Waals surface area contributed by atoms with Gasteiger partial charge in [0.25, 0.3) is 0 Å². The fourth-order valence-electron chi connectivity index (χ4n) is 4.26. The molecule has 0 N–H and O–H groups in total. The molecule has 0 aromatic heterocycles. The lowest BCUT2D eigenvalue weighted by molar-refractivity contribution is -0.139. The van der Waals surface area contributed by atoms with E-state index in [2.05, 4.69) is 13.8 Å². The van der Waals surface area contributed by atoms with E-state index in [1.54, 1.807) is 6.08 Å². The molecule has 3 heteroatoms. The van der Waals surface area contributed by atoms with Crippen molar-refractivity contribution >= 4 is 23.6 Å². The lowest BCUT2D eigenvalue weighted by atomic mass is 9.76. The van der Waals surface area contributed by atoms with Crippen LogP contribution in [0, 0.1) is 29.6 Å². The summed E-state index contributed by atoms with van der Waals surface area (Å²) in [6.07, 6.45) is 5.82. The molecule has 3 rings (SSSR count). The zero-order valence-corrected chi connectivity index (χ0v) is 13.9. The van der Waals surface area contributed by atoms with E-state index in [4.69, 9.17) is 16.3 Å². The summed E-state index contributed by atoms with van der Waals surface area (Å²) in [4.78, 5) is 11.9. The summed E-state index contributed by atoms with van der Waals surface area (Å²) in [5, 5.41) is 0.694. The van der Waals surface area contributed by atoms with Gasteiger partial charge in [0.1, 0.15) is 0 Å². The molecule has 0 radical (unpaired) electrons. The molecule has 118 valence electrons. The Hall–Kier alpha value is -1.28. The molecule has 5 unspecified atom stereocenters. The number of carbonyl (C=O) groups excluding carboxylic acids is 1. The van der Waals surface area contributed by atoms with Gasteiger partial charge in [-0.3, -0.25) is 0 Å². The Morgan fingerprint density at radius 2 is 1.95 bits per heavy atom. The van der Waals surface area contributed by atoms with Crippen LogP contribution in [0.25, 0.3) is 6.08 Å². The Balaban J connectivity index is 1.48. The van der Waals surface area contributed by atoms with Crippen molar-refractivity contribution in [2.75, 3.05) is 6.61 Å². The van der Waals surface area contributed by atoms with Crippen LogP contribution in [-0.4, -0.2) is 12.6 Å². The second kappa shape index (κ2) is 6.45. The zero-order chi connectivity index (χ0) is 15.7. The molecular formula is C19H23ClO2. The number of carbonyl (C=O) groups is 1. The van der Waals surface area contributed by atoms with Gasteiger partial charge in [0, 0.05) is 11.1 Å². The minimum Gasteiger partial charge on any atom is -0.462 e. The largest absolute Gasteiger partial charge is 0.462 e. The zero-order valence-electron chi connectivity index (χ0n) is 13.2. The van der Waals surface area contributed by atoms with Gasteiger partial charge in [0.15, 0.2) is 0 Å². The number of ether oxygens (including phenoxy) is 1. The highest BCUT2D eigenvalue weighted by molar-refractivity contribution is 6.30. The van der Waals surface area contributed by atoms with E-state index in [0.29, 0.717) is 17.5 Å². The molecule has 0 heterocycles. The first-order chi connectivity index (χ1) is 10.5. The molecule has 2 aliphatic carbocycles. The number of halogens is 1. The average Bonchev–Trinajstić information content (AvgIpc) is 3.05. The van der Waals surface area contributed by atoms with Gasteiger partial charge in [0.2, 0.25) is 0 Å². The number of rotatable bonds is 4. The van der Waals surface area contributed by atoms with Crippen molar-refractivity contribution in [3.05, 3.63) is 40.9 Å². The van der Waals surface area contributed by atoms with Crippen LogP contribution in [0.3, 0.4) is 0 Å². The SMILES string of the molecule is CC1C2CC(COC(=O)/C=C/c3ccc(Cl)cc3)C(C2)C1C. The van der Waals surface area contributed by atoms with Crippen LogP contribution in [0.5, 0.6) is 0 Å². The molecule has 0 saturated heterocycles. The fraction of sp³-hybridized carbons (Fsp3) is 0.526. The number of esters is 1. The highest BCUT2D eigenvalue weighted by atomic mass is 35.5. The Morgan fingerprint density at radius 1 is 1.23 bits per heavy atom. The van der Waals surface area contributed by atoms with E-state index >= 15 is 0 Å². The van der Waals surface area contributed by atoms with Crippen LogP contribution in [0.15, 0.2) is 30.3 Å². The molecule has 2 bridgehead atoms. The summed E-state index contributed by atoms with van der Waals surface area (Å²) in [6.45, 7) is 5.29. The summed E-state index contributed by atoms with van der Waals surface area (Å²) in [5.74, 6) is 3.50. The predicted molar refractivity (Wildman–Crippen MR) is 89.5 cm³/mol. The maximum absolute atomic E-state index is 11.9. The summed E-state index contributed by atoms with van der Waals surface area (Å²) in [6, 6.07) is 7.38. The molecule has 1 aromatic rings. The Morgan fingerprint density at radius 3 is 2.59 bits per heavy atom. The first-order valence-corrected chi connectivity index (χ1v) is 8.53. The van der Waals surface area contributed by atoms with Gasteiger partial charge in [-0.05, 0) is 66.2 Å². The van der Waals surface area contributed by atoms with Crippen LogP contribution in [0.2, 0.25) is 5.02 Å². The minimum absolute atomic E-state index is 0.251. The predicted octanol–water partition coefficient (Wildman–Crippen LogP) is 4.82. The number of hydrogen-bond acceptors (Lipinski definition) is 2. The second-order valence-electron chi connectivity index (χ2n) is 6.89. The van der Waals surface area contributed by atoms with Crippen LogP contribution in [0.1, 0.15) is 32.3 Å². The fourth-order valence-corrected chi connectivity index (χ4v) is 4.39. The van der Waals surface area contributed by atoms with E-state index < -0.39 is 0 Å². The molecule has 0 spiro atoms. The van der Waals surface area contributed by atoms with Gasteiger partial charge >= 0.3 is 5.97 Å². The van der Waals surface area contributed by atoms with Crippen LogP contribution in [0.4, 0.5) is 0 Å². The van der Waals surface area contributed by atoms with Crippen molar-refractivity contribution in [1.82, 2.24) is 0 Å². The van der Waals surface area contributed by atoms with E-state index in [-0.39, 0.29) is 5.97 Å². The van der Waals surface area contributed by atoms with Gasteiger partial charge < -0.3 is 4.74 Å². The molecule has 2 saturated carbocycles. The van der Waals surface area contributed by atoms with Crippen LogP contribution in [-0.2, 0) is 9.53 Å². The Labute approximate surface area is 137 Å². The van der Waals surface area contributed by atoms with Crippen molar-refractivity contribution in [2.45, 2.75) is 26.7 Å². The quantitative estimate of drug-likeness (QED) is 0.587. The molecule has 1 aromatic carbocycles. The van der Waals surface area contributed by atoms with Crippen LogP contribution >= 0.6 is 11.6 Å². The summed E-state index contributed by atoms with van der Waals surface area (Å²) in [5.41, 5.74) is 0.948. The molecular weight excluding hydrogens is 296 g/mol. The maximum atomic E-state index is 11.9. The minimum atomic E-state index is -0.251. The van der Waals surface area contributed by atoms with E-state index in [1.165, 1.54) is 18.9 Å². The molecule has 2 aliphatic rings.